The first-order chi connectivity index (χ1) is 14.8. The number of hydrogen-bond acceptors (Lipinski definition) is 6. The molecule has 6 aromatic rings. The summed E-state index contributed by atoms with van der Waals surface area (Å²) in [5.41, 5.74) is 2.72. The van der Waals surface area contributed by atoms with Gasteiger partial charge in [0.15, 0.2) is 11.5 Å². The molecule has 0 saturated heterocycles. The fourth-order valence-corrected chi connectivity index (χ4v) is 4.66. The van der Waals surface area contributed by atoms with Crippen molar-refractivity contribution in [3.63, 3.8) is 0 Å². The Morgan fingerprint density at radius 1 is 0.933 bits per heavy atom. The van der Waals surface area contributed by atoms with Gasteiger partial charge in [-0.25, -0.2) is 15.0 Å². The number of rotatable bonds is 3. The first-order valence-electron chi connectivity index (χ1n) is 9.55. The lowest BCUT2D eigenvalue weighted by Crippen LogP contribution is -2.13. The molecule has 6 nitrogen and oxygen atoms in total. The zero-order valence-corrected chi connectivity index (χ0v) is 16.9. The molecule has 0 aliphatic carbocycles. The number of pyridine rings is 1. The van der Waals surface area contributed by atoms with E-state index in [0.29, 0.717) is 11.5 Å². The second kappa shape index (κ2) is 6.60. The molecule has 0 amide bonds. The summed E-state index contributed by atoms with van der Waals surface area (Å²) >= 11 is 1.69. The van der Waals surface area contributed by atoms with Crippen LogP contribution in [0.3, 0.4) is 0 Å². The van der Waals surface area contributed by atoms with Gasteiger partial charge in [-0.3, -0.25) is 5.10 Å². The van der Waals surface area contributed by atoms with Gasteiger partial charge in [-0.05, 0) is 47.9 Å². The third-order valence-corrected chi connectivity index (χ3v) is 6.34. The standard InChI is InChI=1S/C23H16N6S/c1-29(16-8-9-18-15(11-16)13-25-28-18)23-17-6-4-10-24-21(17)26-22(27-23)20-12-14-5-2-3-7-19(14)30-20/h2-13H,1H3,(H,25,28). The highest BCUT2D eigenvalue weighted by Crippen LogP contribution is 2.35. The van der Waals surface area contributed by atoms with Gasteiger partial charge >= 0.3 is 0 Å². The number of anilines is 2. The van der Waals surface area contributed by atoms with Crippen molar-refractivity contribution in [2.75, 3.05) is 11.9 Å². The highest BCUT2D eigenvalue weighted by molar-refractivity contribution is 7.22. The van der Waals surface area contributed by atoms with Crippen LogP contribution in [0, 0.1) is 0 Å². The first-order valence-corrected chi connectivity index (χ1v) is 10.4. The van der Waals surface area contributed by atoms with Crippen LogP contribution < -0.4 is 4.90 Å². The molecule has 7 heteroatoms. The minimum absolute atomic E-state index is 0.686. The maximum atomic E-state index is 4.97. The Hall–Kier alpha value is -3.84. The monoisotopic (exact) mass is 408 g/mol. The number of fused-ring (bicyclic) bond motifs is 3. The van der Waals surface area contributed by atoms with Gasteiger partial charge < -0.3 is 4.90 Å². The van der Waals surface area contributed by atoms with E-state index in [2.05, 4.69) is 56.5 Å². The summed E-state index contributed by atoms with van der Waals surface area (Å²) in [6.07, 6.45) is 3.60. The Morgan fingerprint density at radius 3 is 2.80 bits per heavy atom. The predicted octanol–water partition coefficient (Wildman–Crippen LogP) is 5.55. The normalized spacial score (nSPS) is 11.5. The van der Waals surface area contributed by atoms with E-state index in [0.717, 1.165) is 32.7 Å². The maximum absolute atomic E-state index is 4.97. The summed E-state index contributed by atoms with van der Waals surface area (Å²) in [5.74, 6) is 1.51. The molecule has 0 fully saturated rings. The summed E-state index contributed by atoms with van der Waals surface area (Å²) < 4.78 is 1.22. The number of H-pyrrole nitrogens is 1. The Kier molecular flexibility index (Phi) is 3.75. The topological polar surface area (TPSA) is 70.6 Å². The van der Waals surface area contributed by atoms with Crippen LogP contribution in [0.1, 0.15) is 0 Å². The van der Waals surface area contributed by atoms with Crippen molar-refractivity contribution in [2.24, 2.45) is 0 Å². The summed E-state index contributed by atoms with van der Waals surface area (Å²) in [6, 6.07) is 20.6. The van der Waals surface area contributed by atoms with E-state index in [1.54, 1.807) is 17.5 Å². The minimum Gasteiger partial charge on any atom is -0.329 e. The summed E-state index contributed by atoms with van der Waals surface area (Å²) in [5, 5.41) is 10.3. The van der Waals surface area contributed by atoms with Crippen LogP contribution in [0.2, 0.25) is 0 Å². The smallest absolute Gasteiger partial charge is 0.173 e. The predicted molar refractivity (Wildman–Crippen MR) is 122 cm³/mol. The van der Waals surface area contributed by atoms with Crippen LogP contribution in [0.5, 0.6) is 0 Å². The zero-order chi connectivity index (χ0) is 20.1. The van der Waals surface area contributed by atoms with Crippen molar-refractivity contribution in [1.29, 1.82) is 0 Å². The van der Waals surface area contributed by atoms with Crippen LogP contribution in [-0.2, 0) is 0 Å². The van der Waals surface area contributed by atoms with Crippen molar-refractivity contribution in [2.45, 2.75) is 0 Å². The van der Waals surface area contributed by atoms with Crippen molar-refractivity contribution in [3.8, 4) is 10.7 Å². The van der Waals surface area contributed by atoms with Gasteiger partial charge in [0.25, 0.3) is 0 Å². The molecule has 0 radical (unpaired) electrons. The molecule has 0 saturated carbocycles. The molecule has 4 heterocycles. The summed E-state index contributed by atoms with van der Waals surface area (Å²) in [4.78, 5) is 17.4. The molecule has 0 atom stereocenters. The van der Waals surface area contributed by atoms with Crippen molar-refractivity contribution in [1.82, 2.24) is 25.1 Å². The number of aromatic amines is 1. The third-order valence-electron chi connectivity index (χ3n) is 5.23. The van der Waals surface area contributed by atoms with Gasteiger partial charge in [-0.15, -0.1) is 11.3 Å². The van der Waals surface area contributed by atoms with Crippen LogP contribution in [0.25, 0.3) is 42.7 Å². The quantitative estimate of drug-likeness (QED) is 0.416. The Morgan fingerprint density at radius 2 is 1.87 bits per heavy atom. The third kappa shape index (κ3) is 2.71. The second-order valence-corrected chi connectivity index (χ2v) is 8.18. The molecule has 30 heavy (non-hydrogen) atoms. The molecule has 0 unspecified atom stereocenters. The fourth-order valence-electron chi connectivity index (χ4n) is 3.67. The van der Waals surface area contributed by atoms with E-state index in [-0.39, 0.29) is 0 Å². The van der Waals surface area contributed by atoms with E-state index in [1.165, 1.54) is 10.1 Å². The summed E-state index contributed by atoms with van der Waals surface area (Å²) in [6.45, 7) is 0. The highest BCUT2D eigenvalue weighted by Gasteiger charge is 2.16. The number of aromatic nitrogens is 5. The van der Waals surface area contributed by atoms with Gasteiger partial charge in [0.2, 0.25) is 0 Å². The van der Waals surface area contributed by atoms with E-state index < -0.39 is 0 Å². The molecule has 0 spiro atoms. The van der Waals surface area contributed by atoms with Crippen molar-refractivity contribution in [3.05, 3.63) is 73.1 Å². The molecular formula is C23H16N6S. The SMILES string of the molecule is CN(c1ccc2[nH]ncc2c1)c1nc(-c2cc3ccccc3s2)nc2ncccc12. The van der Waals surface area contributed by atoms with E-state index in [9.17, 15) is 0 Å². The number of hydrogen-bond donors (Lipinski definition) is 1. The van der Waals surface area contributed by atoms with Crippen molar-refractivity contribution >= 4 is 54.9 Å². The average Bonchev–Trinajstić information content (AvgIpc) is 3.44. The van der Waals surface area contributed by atoms with Gasteiger partial charge in [0.1, 0.15) is 5.82 Å². The van der Waals surface area contributed by atoms with E-state index in [4.69, 9.17) is 9.97 Å². The van der Waals surface area contributed by atoms with E-state index in [1.807, 2.05) is 37.5 Å². The first kappa shape index (κ1) is 17.1. The Bertz CT molecular complexity index is 1500. The molecular weight excluding hydrogens is 392 g/mol. The van der Waals surface area contributed by atoms with E-state index >= 15 is 0 Å². The Balaban J connectivity index is 1.54. The molecule has 4 aromatic heterocycles. The highest BCUT2D eigenvalue weighted by atomic mass is 32.1. The number of benzene rings is 2. The zero-order valence-electron chi connectivity index (χ0n) is 16.1. The Labute approximate surface area is 175 Å². The van der Waals surface area contributed by atoms with Crippen LogP contribution in [0.15, 0.2) is 73.1 Å². The van der Waals surface area contributed by atoms with Crippen molar-refractivity contribution < 1.29 is 0 Å². The molecule has 144 valence electrons. The van der Waals surface area contributed by atoms with Gasteiger partial charge in [0.05, 0.1) is 22.0 Å². The largest absolute Gasteiger partial charge is 0.329 e. The lowest BCUT2D eigenvalue weighted by Gasteiger charge is -2.20. The van der Waals surface area contributed by atoms with Gasteiger partial charge in [-0.1, -0.05) is 18.2 Å². The fraction of sp³-hybridized carbons (Fsp3) is 0.0435. The molecule has 6 rings (SSSR count). The van der Waals surface area contributed by atoms with Crippen LogP contribution in [0.4, 0.5) is 11.5 Å². The lowest BCUT2D eigenvalue weighted by molar-refractivity contribution is 1.11. The maximum Gasteiger partial charge on any atom is 0.173 e. The van der Waals surface area contributed by atoms with Gasteiger partial charge in [-0.2, -0.15) is 5.10 Å². The molecule has 0 bridgehead atoms. The minimum atomic E-state index is 0.686. The summed E-state index contributed by atoms with van der Waals surface area (Å²) in [7, 11) is 2.02. The number of thiophene rings is 1. The lowest BCUT2D eigenvalue weighted by atomic mass is 10.2. The van der Waals surface area contributed by atoms with Crippen LogP contribution in [-0.4, -0.2) is 32.2 Å². The van der Waals surface area contributed by atoms with Gasteiger partial charge in [0, 0.05) is 29.0 Å². The van der Waals surface area contributed by atoms with Crippen LogP contribution >= 0.6 is 11.3 Å². The molecule has 0 aliphatic rings. The number of nitrogens with zero attached hydrogens (tertiary/aromatic N) is 5. The molecule has 0 aliphatic heterocycles. The number of nitrogens with one attached hydrogen (secondary N) is 1. The molecule has 2 aromatic carbocycles. The molecule has 1 N–H and O–H groups in total. The average molecular weight is 408 g/mol. The second-order valence-electron chi connectivity index (χ2n) is 7.09.